The lowest BCUT2D eigenvalue weighted by Gasteiger charge is -2.19. The summed E-state index contributed by atoms with van der Waals surface area (Å²) in [5, 5.41) is 0.596. The Bertz CT molecular complexity index is 905. The maximum atomic E-state index is 12.2. The highest BCUT2D eigenvalue weighted by Crippen LogP contribution is 2.12. The highest BCUT2D eigenvalue weighted by atomic mass is 16.4. The number of hydrogen-bond acceptors (Lipinski definition) is 5. The van der Waals surface area contributed by atoms with Crippen molar-refractivity contribution in [2.75, 3.05) is 13.1 Å². The van der Waals surface area contributed by atoms with Crippen molar-refractivity contribution < 1.29 is 18.8 Å². The molecule has 8 nitrogen and oxygen atoms in total. The Morgan fingerprint density at radius 2 is 1.88 bits per heavy atom. The molecular formula is C18H19N3O5. The molecule has 0 aliphatic carbocycles. The fraction of sp³-hybridized carbons (Fsp3) is 0.333. The van der Waals surface area contributed by atoms with Gasteiger partial charge in [0.25, 0.3) is 11.8 Å². The van der Waals surface area contributed by atoms with Gasteiger partial charge in [-0.15, -0.1) is 0 Å². The van der Waals surface area contributed by atoms with Crippen LogP contribution in [0.15, 0.2) is 39.5 Å². The van der Waals surface area contributed by atoms with Gasteiger partial charge in [-0.25, -0.2) is 4.79 Å². The van der Waals surface area contributed by atoms with Crippen LogP contribution in [0.1, 0.15) is 36.0 Å². The third-order valence-corrected chi connectivity index (χ3v) is 4.21. The molecule has 0 bridgehead atoms. The van der Waals surface area contributed by atoms with Crippen LogP contribution in [0, 0.1) is 0 Å². The van der Waals surface area contributed by atoms with E-state index in [-0.39, 0.29) is 18.0 Å². The van der Waals surface area contributed by atoms with Crippen molar-refractivity contribution in [3.63, 3.8) is 0 Å². The molecule has 0 radical (unpaired) electrons. The predicted octanol–water partition coefficient (Wildman–Crippen LogP) is 0.957. The summed E-state index contributed by atoms with van der Waals surface area (Å²) in [5.41, 5.74) is 3.79. The van der Waals surface area contributed by atoms with Crippen molar-refractivity contribution in [2.24, 2.45) is 0 Å². The summed E-state index contributed by atoms with van der Waals surface area (Å²) in [4.78, 5) is 49.4. The number of carbonyl (C=O) groups is 3. The van der Waals surface area contributed by atoms with Crippen molar-refractivity contribution in [1.29, 1.82) is 0 Å². The van der Waals surface area contributed by atoms with Gasteiger partial charge in [0.1, 0.15) is 17.7 Å². The van der Waals surface area contributed by atoms with Gasteiger partial charge in [-0.3, -0.25) is 25.2 Å². The van der Waals surface area contributed by atoms with Crippen molar-refractivity contribution >= 4 is 28.7 Å². The summed E-state index contributed by atoms with van der Waals surface area (Å²) in [6, 6.07) is 8.21. The van der Waals surface area contributed by atoms with E-state index >= 15 is 0 Å². The van der Waals surface area contributed by atoms with E-state index < -0.39 is 17.4 Å². The first-order chi connectivity index (χ1) is 12.5. The molecule has 0 spiro atoms. The summed E-state index contributed by atoms with van der Waals surface area (Å²) < 4.78 is 5.09. The van der Waals surface area contributed by atoms with Gasteiger partial charge in [0.15, 0.2) is 0 Å². The number of likely N-dealkylation sites (tertiary alicyclic amines) is 1. The third-order valence-electron chi connectivity index (χ3n) is 4.21. The SMILES string of the molecule is O=C(CN1CCCCCC1=O)NNC(=O)c1cc2ccccc2oc1=O. The zero-order chi connectivity index (χ0) is 18.5. The van der Waals surface area contributed by atoms with Crippen LogP contribution in [0.2, 0.25) is 0 Å². The summed E-state index contributed by atoms with van der Waals surface area (Å²) in [6.45, 7) is 0.389. The first-order valence-corrected chi connectivity index (χ1v) is 8.44. The zero-order valence-electron chi connectivity index (χ0n) is 14.1. The molecule has 1 saturated heterocycles. The first-order valence-electron chi connectivity index (χ1n) is 8.44. The van der Waals surface area contributed by atoms with Crippen molar-refractivity contribution in [3.05, 3.63) is 46.3 Å². The van der Waals surface area contributed by atoms with E-state index in [0.29, 0.717) is 23.9 Å². The average Bonchev–Trinajstić information content (AvgIpc) is 2.83. The van der Waals surface area contributed by atoms with Crippen LogP contribution < -0.4 is 16.5 Å². The van der Waals surface area contributed by atoms with E-state index in [1.54, 1.807) is 24.3 Å². The number of para-hydroxylation sites is 1. The highest BCUT2D eigenvalue weighted by Gasteiger charge is 2.20. The molecule has 136 valence electrons. The smallest absolute Gasteiger partial charge is 0.349 e. The molecule has 0 unspecified atom stereocenters. The van der Waals surface area contributed by atoms with E-state index in [1.807, 2.05) is 0 Å². The predicted molar refractivity (Wildman–Crippen MR) is 93.1 cm³/mol. The molecule has 1 fully saturated rings. The maximum absolute atomic E-state index is 12.2. The minimum atomic E-state index is -0.793. The fourth-order valence-corrected chi connectivity index (χ4v) is 2.83. The van der Waals surface area contributed by atoms with Crippen LogP contribution in [-0.2, 0) is 9.59 Å². The molecule has 2 N–H and O–H groups in total. The molecule has 3 amide bonds. The molecule has 2 heterocycles. The second-order valence-electron chi connectivity index (χ2n) is 6.11. The van der Waals surface area contributed by atoms with Gasteiger partial charge in [-0.05, 0) is 25.0 Å². The summed E-state index contributed by atoms with van der Waals surface area (Å²) in [5.74, 6) is -1.38. The lowest BCUT2D eigenvalue weighted by atomic mass is 10.2. The quantitative estimate of drug-likeness (QED) is 0.628. The normalized spacial score (nSPS) is 14.8. The second-order valence-corrected chi connectivity index (χ2v) is 6.11. The van der Waals surface area contributed by atoms with Gasteiger partial charge < -0.3 is 9.32 Å². The summed E-state index contributed by atoms with van der Waals surface area (Å²) >= 11 is 0. The Hall–Kier alpha value is -3.16. The van der Waals surface area contributed by atoms with Crippen LogP contribution in [0.5, 0.6) is 0 Å². The molecule has 8 heteroatoms. The average molecular weight is 357 g/mol. The number of hydrazine groups is 1. The van der Waals surface area contributed by atoms with Gasteiger partial charge in [0, 0.05) is 18.4 Å². The van der Waals surface area contributed by atoms with E-state index in [0.717, 1.165) is 19.3 Å². The number of benzene rings is 1. The standard InChI is InChI=1S/C18H19N3O5/c22-15(11-21-9-5-1-2-8-16(21)23)19-20-17(24)13-10-12-6-3-4-7-14(12)26-18(13)25/h3-4,6-7,10H,1-2,5,8-9,11H2,(H,19,22)(H,20,24). The molecule has 1 aliphatic heterocycles. The Labute approximate surface area is 149 Å². The fourth-order valence-electron chi connectivity index (χ4n) is 2.83. The molecular weight excluding hydrogens is 338 g/mol. The molecule has 1 aromatic heterocycles. The number of nitrogens with zero attached hydrogens (tertiary/aromatic N) is 1. The van der Waals surface area contributed by atoms with Crippen LogP contribution in [0.3, 0.4) is 0 Å². The lowest BCUT2D eigenvalue weighted by Crippen LogP contribution is -2.48. The molecule has 0 saturated carbocycles. The summed E-state index contributed by atoms with van der Waals surface area (Å²) in [6.07, 6.45) is 3.06. The van der Waals surface area contributed by atoms with Gasteiger partial charge in [-0.1, -0.05) is 24.6 Å². The number of hydrogen-bond donors (Lipinski definition) is 2. The van der Waals surface area contributed by atoms with Gasteiger partial charge in [-0.2, -0.15) is 0 Å². The first kappa shape index (κ1) is 17.7. The van der Waals surface area contributed by atoms with Crippen LogP contribution >= 0.6 is 0 Å². The Morgan fingerprint density at radius 1 is 1.08 bits per heavy atom. The van der Waals surface area contributed by atoms with Crippen LogP contribution in [0.4, 0.5) is 0 Å². The monoisotopic (exact) mass is 357 g/mol. The second kappa shape index (κ2) is 7.81. The molecule has 1 aliphatic rings. The number of fused-ring (bicyclic) bond motifs is 1. The van der Waals surface area contributed by atoms with E-state index in [4.69, 9.17) is 4.42 Å². The van der Waals surface area contributed by atoms with E-state index in [9.17, 15) is 19.2 Å². The number of carbonyl (C=O) groups excluding carboxylic acids is 3. The maximum Gasteiger partial charge on any atom is 0.349 e. The Balaban J connectivity index is 1.61. The van der Waals surface area contributed by atoms with Crippen molar-refractivity contribution in [2.45, 2.75) is 25.7 Å². The topological polar surface area (TPSA) is 109 Å². The van der Waals surface area contributed by atoms with E-state index in [2.05, 4.69) is 10.9 Å². The number of amides is 3. The van der Waals surface area contributed by atoms with Crippen LogP contribution in [-0.4, -0.2) is 35.7 Å². The summed E-state index contributed by atoms with van der Waals surface area (Å²) in [7, 11) is 0. The third kappa shape index (κ3) is 4.08. The lowest BCUT2D eigenvalue weighted by molar-refractivity contribution is -0.135. The number of rotatable bonds is 3. The van der Waals surface area contributed by atoms with Crippen molar-refractivity contribution in [1.82, 2.24) is 15.8 Å². The highest BCUT2D eigenvalue weighted by molar-refractivity contribution is 5.97. The minimum absolute atomic E-state index is 0.0702. The Kier molecular flexibility index (Phi) is 5.31. The van der Waals surface area contributed by atoms with Crippen molar-refractivity contribution in [3.8, 4) is 0 Å². The molecule has 0 atom stereocenters. The zero-order valence-corrected chi connectivity index (χ0v) is 14.1. The van der Waals surface area contributed by atoms with Gasteiger partial charge in [0.05, 0.1) is 0 Å². The van der Waals surface area contributed by atoms with Gasteiger partial charge in [0.2, 0.25) is 5.91 Å². The van der Waals surface area contributed by atoms with E-state index in [1.165, 1.54) is 11.0 Å². The molecule has 26 heavy (non-hydrogen) atoms. The minimum Gasteiger partial charge on any atom is -0.422 e. The molecule has 2 aromatic rings. The molecule has 1 aromatic carbocycles. The van der Waals surface area contributed by atoms with Crippen LogP contribution in [0.25, 0.3) is 11.0 Å². The van der Waals surface area contributed by atoms with Gasteiger partial charge >= 0.3 is 5.63 Å². The Morgan fingerprint density at radius 3 is 2.73 bits per heavy atom. The molecule has 3 rings (SSSR count). The largest absolute Gasteiger partial charge is 0.422 e. The number of nitrogens with one attached hydrogen (secondary N) is 2.